The molecule has 0 amide bonds. The molecular formula is C15H13BrO3. The summed E-state index contributed by atoms with van der Waals surface area (Å²) in [6.45, 7) is 0.201. The zero-order valence-electron chi connectivity index (χ0n) is 10.4. The first-order chi connectivity index (χ1) is 9.24. The molecule has 0 saturated heterocycles. The van der Waals surface area contributed by atoms with Crippen LogP contribution < -0.4 is 4.74 Å². The normalized spacial score (nSPS) is 10.2. The van der Waals surface area contributed by atoms with Crippen molar-refractivity contribution in [2.45, 2.75) is 0 Å². The lowest BCUT2D eigenvalue weighted by molar-refractivity contribution is 0.0506. The first-order valence-corrected chi connectivity index (χ1v) is 6.51. The van der Waals surface area contributed by atoms with Crippen LogP contribution in [0.3, 0.4) is 0 Å². The quantitative estimate of drug-likeness (QED) is 0.619. The minimum atomic E-state index is 0.201. The Labute approximate surface area is 120 Å². The third-order valence-corrected chi connectivity index (χ3v) is 3.30. The zero-order chi connectivity index (χ0) is 13.7. The van der Waals surface area contributed by atoms with Gasteiger partial charge in [-0.3, -0.25) is 4.79 Å². The number of ether oxygens (including phenoxy) is 2. The third kappa shape index (κ3) is 3.43. The van der Waals surface area contributed by atoms with E-state index >= 15 is 0 Å². The molecule has 19 heavy (non-hydrogen) atoms. The van der Waals surface area contributed by atoms with Gasteiger partial charge < -0.3 is 9.47 Å². The van der Waals surface area contributed by atoms with Crippen molar-refractivity contribution in [1.29, 1.82) is 0 Å². The molecule has 0 unspecified atom stereocenters. The van der Waals surface area contributed by atoms with E-state index in [1.54, 1.807) is 19.2 Å². The molecule has 2 rings (SSSR count). The summed E-state index contributed by atoms with van der Waals surface area (Å²) in [5, 5.41) is 0. The average Bonchev–Trinajstić information content (AvgIpc) is 2.46. The van der Waals surface area contributed by atoms with Crippen molar-refractivity contribution in [3.63, 3.8) is 0 Å². The van der Waals surface area contributed by atoms with Crippen molar-refractivity contribution in [1.82, 2.24) is 0 Å². The second-order valence-corrected chi connectivity index (χ2v) is 4.79. The Bertz CT molecular complexity index is 564. The van der Waals surface area contributed by atoms with Gasteiger partial charge in [-0.05, 0) is 39.2 Å². The number of carbonyl (C=O) groups excluding carboxylic acids is 1. The van der Waals surface area contributed by atoms with Crippen LogP contribution in [0.5, 0.6) is 5.75 Å². The highest BCUT2D eigenvalue weighted by atomic mass is 79.9. The summed E-state index contributed by atoms with van der Waals surface area (Å²) >= 11 is 3.43. The van der Waals surface area contributed by atoms with Crippen LogP contribution in [0.1, 0.15) is 10.4 Å². The fourth-order valence-corrected chi connectivity index (χ4v) is 2.03. The molecule has 0 aromatic heterocycles. The zero-order valence-corrected chi connectivity index (χ0v) is 12.0. The number of methoxy groups -OCH3 is 1. The molecule has 0 N–H and O–H groups in total. The van der Waals surface area contributed by atoms with E-state index in [-0.39, 0.29) is 6.79 Å². The van der Waals surface area contributed by atoms with Gasteiger partial charge in [-0.15, -0.1) is 0 Å². The van der Waals surface area contributed by atoms with Crippen LogP contribution >= 0.6 is 15.9 Å². The van der Waals surface area contributed by atoms with Crippen molar-refractivity contribution < 1.29 is 14.3 Å². The lowest BCUT2D eigenvalue weighted by Gasteiger charge is -2.09. The topological polar surface area (TPSA) is 35.5 Å². The Morgan fingerprint density at radius 2 is 1.79 bits per heavy atom. The van der Waals surface area contributed by atoms with Crippen LogP contribution in [0.25, 0.3) is 11.1 Å². The van der Waals surface area contributed by atoms with Crippen LogP contribution in [0, 0.1) is 0 Å². The van der Waals surface area contributed by atoms with E-state index < -0.39 is 0 Å². The first kappa shape index (κ1) is 13.8. The Balaban J connectivity index is 2.30. The molecule has 0 saturated carbocycles. The number of halogens is 1. The third-order valence-electron chi connectivity index (χ3n) is 2.64. The average molecular weight is 321 g/mol. The number of carbonyl (C=O) groups is 1. The molecular weight excluding hydrogens is 308 g/mol. The first-order valence-electron chi connectivity index (χ1n) is 5.71. The Morgan fingerprint density at radius 1 is 1.11 bits per heavy atom. The van der Waals surface area contributed by atoms with Crippen molar-refractivity contribution in [2.75, 3.05) is 13.9 Å². The van der Waals surface area contributed by atoms with Crippen LogP contribution in [0.15, 0.2) is 46.9 Å². The van der Waals surface area contributed by atoms with E-state index in [2.05, 4.69) is 15.9 Å². The van der Waals surface area contributed by atoms with Gasteiger partial charge in [-0.25, -0.2) is 0 Å². The highest BCUT2D eigenvalue weighted by Crippen LogP contribution is 2.31. The molecule has 2 aromatic rings. The van der Waals surface area contributed by atoms with Gasteiger partial charge in [-0.1, -0.05) is 30.3 Å². The van der Waals surface area contributed by atoms with Gasteiger partial charge in [0.25, 0.3) is 0 Å². The molecule has 0 bridgehead atoms. The van der Waals surface area contributed by atoms with Gasteiger partial charge in [0.05, 0.1) is 4.47 Å². The molecule has 4 heteroatoms. The maximum absolute atomic E-state index is 10.6. The standard InChI is InChI=1S/C15H13BrO3/c1-18-10-19-15-8-13(6-7-14(15)16)12-4-2-11(9-17)3-5-12/h2-9H,10H2,1H3. The summed E-state index contributed by atoms with van der Waals surface area (Å²) in [6.07, 6.45) is 0.832. The Kier molecular flexibility index (Phi) is 4.71. The highest BCUT2D eigenvalue weighted by molar-refractivity contribution is 9.10. The molecule has 3 nitrogen and oxygen atoms in total. The second-order valence-electron chi connectivity index (χ2n) is 3.94. The maximum atomic E-state index is 10.6. The number of hydrogen-bond donors (Lipinski definition) is 0. The van der Waals surface area contributed by atoms with Crippen molar-refractivity contribution in [3.05, 3.63) is 52.5 Å². The van der Waals surface area contributed by atoms with E-state index in [1.165, 1.54) is 0 Å². The molecule has 0 heterocycles. The molecule has 0 spiro atoms. The van der Waals surface area contributed by atoms with Crippen LogP contribution in [0.4, 0.5) is 0 Å². The monoisotopic (exact) mass is 320 g/mol. The van der Waals surface area contributed by atoms with Gasteiger partial charge >= 0.3 is 0 Å². The van der Waals surface area contributed by atoms with Gasteiger partial charge in [0.15, 0.2) is 6.79 Å². The predicted octanol–water partition coefficient (Wildman–Crippen LogP) is 3.91. The minimum absolute atomic E-state index is 0.201. The fraction of sp³-hybridized carbons (Fsp3) is 0.133. The van der Waals surface area contributed by atoms with Crippen LogP contribution in [0.2, 0.25) is 0 Å². The fourth-order valence-electron chi connectivity index (χ4n) is 1.67. The SMILES string of the molecule is COCOc1cc(-c2ccc(C=O)cc2)ccc1Br. The Hall–Kier alpha value is -1.65. The summed E-state index contributed by atoms with van der Waals surface area (Å²) in [5.74, 6) is 0.721. The molecule has 0 aliphatic heterocycles. The summed E-state index contributed by atoms with van der Waals surface area (Å²) in [5.41, 5.74) is 2.71. The number of benzene rings is 2. The van der Waals surface area contributed by atoms with Gasteiger partial charge in [0.1, 0.15) is 12.0 Å². The molecule has 98 valence electrons. The summed E-state index contributed by atoms with van der Waals surface area (Å²) in [4.78, 5) is 10.6. The molecule has 0 fully saturated rings. The molecule has 0 atom stereocenters. The van der Waals surface area contributed by atoms with Gasteiger partial charge in [0, 0.05) is 12.7 Å². The van der Waals surface area contributed by atoms with Crippen LogP contribution in [-0.4, -0.2) is 20.2 Å². The lowest BCUT2D eigenvalue weighted by atomic mass is 10.0. The number of hydrogen-bond acceptors (Lipinski definition) is 3. The molecule has 0 aliphatic carbocycles. The van der Waals surface area contributed by atoms with E-state index in [4.69, 9.17) is 9.47 Å². The number of rotatable bonds is 5. The predicted molar refractivity (Wildman–Crippen MR) is 77.5 cm³/mol. The summed E-state index contributed by atoms with van der Waals surface area (Å²) in [7, 11) is 1.58. The highest BCUT2D eigenvalue weighted by Gasteiger charge is 2.05. The summed E-state index contributed by atoms with van der Waals surface area (Å²) in [6, 6.07) is 13.2. The van der Waals surface area contributed by atoms with E-state index in [0.29, 0.717) is 5.56 Å². The smallest absolute Gasteiger partial charge is 0.188 e. The van der Waals surface area contributed by atoms with Gasteiger partial charge in [0.2, 0.25) is 0 Å². The largest absolute Gasteiger partial charge is 0.466 e. The van der Waals surface area contributed by atoms with Crippen molar-refractivity contribution in [3.8, 4) is 16.9 Å². The Morgan fingerprint density at radius 3 is 2.42 bits per heavy atom. The maximum Gasteiger partial charge on any atom is 0.188 e. The van der Waals surface area contributed by atoms with Crippen molar-refractivity contribution >= 4 is 22.2 Å². The minimum Gasteiger partial charge on any atom is -0.466 e. The lowest BCUT2D eigenvalue weighted by Crippen LogP contribution is -1.99. The number of aldehydes is 1. The van der Waals surface area contributed by atoms with E-state index in [9.17, 15) is 4.79 Å². The van der Waals surface area contributed by atoms with E-state index in [0.717, 1.165) is 27.6 Å². The molecule has 0 radical (unpaired) electrons. The van der Waals surface area contributed by atoms with Gasteiger partial charge in [-0.2, -0.15) is 0 Å². The second kappa shape index (κ2) is 6.50. The van der Waals surface area contributed by atoms with Crippen molar-refractivity contribution in [2.24, 2.45) is 0 Å². The molecule has 0 aliphatic rings. The van der Waals surface area contributed by atoms with Crippen LogP contribution in [-0.2, 0) is 4.74 Å². The summed E-state index contributed by atoms with van der Waals surface area (Å²) < 4.78 is 11.2. The van der Waals surface area contributed by atoms with E-state index in [1.807, 2.05) is 30.3 Å². The molecule has 2 aromatic carbocycles.